The van der Waals surface area contributed by atoms with Crippen molar-refractivity contribution < 1.29 is 18.7 Å². The molecule has 5 nitrogen and oxygen atoms in total. The van der Waals surface area contributed by atoms with Crippen LogP contribution in [0.1, 0.15) is 27.8 Å². The molecule has 1 aromatic heterocycles. The molecule has 2 aromatic carbocycles. The summed E-state index contributed by atoms with van der Waals surface area (Å²) in [6.45, 7) is 7.81. The van der Waals surface area contributed by atoms with E-state index in [1.807, 2.05) is 37.3 Å². The number of benzene rings is 2. The Morgan fingerprint density at radius 1 is 1.18 bits per heavy atom. The van der Waals surface area contributed by atoms with Crippen LogP contribution in [0.15, 0.2) is 52.2 Å². The van der Waals surface area contributed by atoms with Gasteiger partial charge >= 0.3 is 11.6 Å². The summed E-state index contributed by atoms with van der Waals surface area (Å²) in [5.74, 6) is 0.113. The van der Waals surface area contributed by atoms with Gasteiger partial charge in [0.15, 0.2) is 0 Å². The van der Waals surface area contributed by atoms with E-state index in [4.69, 9.17) is 13.9 Å². The molecule has 0 bridgehead atoms. The number of hydrogen-bond donors (Lipinski definition) is 0. The number of aryl methyl sites for hydroxylation is 2. The second-order valence-electron chi connectivity index (χ2n) is 6.62. The molecule has 28 heavy (non-hydrogen) atoms. The Balaban J connectivity index is 2.02. The number of ether oxygens (including phenoxy) is 2. The molecule has 0 fully saturated rings. The third-order valence-electron chi connectivity index (χ3n) is 4.65. The van der Waals surface area contributed by atoms with E-state index in [1.165, 1.54) is 7.11 Å². The lowest BCUT2D eigenvalue weighted by molar-refractivity contribution is -0.139. The Kier molecular flexibility index (Phi) is 5.64. The smallest absolute Gasteiger partial charge is 0.340 e. The standard InChI is InChI=1S/C23H22O5/c1-5-16-6-8-17(9-7-16)13-27-19-10-14(2)11-20-22(19)15(3)18(23(25)28-20)12-21(24)26-4/h5-11H,1,12-13H2,2-4H3. The van der Waals surface area contributed by atoms with Crippen LogP contribution in [0.4, 0.5) is 0 Å². The van der Waals surface area contributed by atoms with Crippen LogP contribution in [-0.4, -0.2) is 13.1 Å². The summed E-state index contributed by atoms with van der Waals surface area (Å²) >= 11 is 0. The van der Waals surface area contributed by atoms with Crippen molar-refractivity contribution in [1.82, 2.24) is 0 Å². The molecule has 0 aliphatic heterocycles. The van der Waals surface area contributed by atoms with Gasteiger partial charge in [0, 0.05) is 0 Å². The molecule has 0 N–H and O–H groups in total. The molecule has 0 saturated heterocycles. The molecule has 5 heteroatoms. The van der Waals surface area contributed by atoms with Gasteiger partial charge in [-0.3, -0.25) is 4.79 Å². The fourth-order valence-corrected chi connectivity index (χ4v) is 3.08. The molecular formula is C23H22O5. The van der Waals surface area contributed by atoms with E-state index >= 15 is 0 Å². The lowest BCUT2D eigenvalue weighted by atomic mass is 10.0. The van der Waals surface area contributed by atoms with Crippen LogP contribution >= 0.6 is 0 Å². The number of methoxy groups -OCH3 is 1. The molecule has 0 aliphatic rings. The maximum atomic E-state index is 12.3. The molecule has 3 aromatic rings. The van der Waals surface area contributed by atoms with Gasteiger partial charge in [-0.05, 0) is 48.2 Å². The van der Waals surface area contributed by atoms with Crippen LogP contribution in [0.5, 0.6) is 5.75 Å². The topological polar surface area (TPSA) is 65.7 Å². The largest absolute Gasteiger partial charge is 0.488 e. The van der Waals surface area contributed by atoms with Crippen molar-refractivity contribution in [3.05, 3.63) is 81.2 Å². The van der Waals surface area contributed by atoms with Crippen LogP contribution in [0.25, 0.3) is 17.0 Å². The Morgan fingerprint density at radius 2 is 1.89 bits per heavy atom. The summed E-state index contributed by atoms with van der Waals surface area (Å²) in [4.78, 5) is 24.0. The fraction of sp³-hybridized carbons (Fsp3) is 0.217. The minimum Gasteiger partial charge on any atom is -0.488 e. The minimum atomic E-state index is -0.535. The predicted octanol–water partition coefficient (Wildman–Crippen LogP) is 4.35. The summed E-state index contributed by atoms with van der Waals surface area (Å²) in [7, 11) is 1.29. The average Bonchev–Trinajstić information content (AvgIpc) is 2.69. The van der Waals surface area contributed by atoms with E-state index in [1.54, 1.807) is 19.1 Å². The first kappa shape index (κ1) is 19.4. The van der Waals surface area contributed by atoms with Gasteiger partial charge in [-0.25, -0.2) is 4.79 Å². The second kappa shape index (κ2) is 8.13. The van der Waals surface area contributed by atoms with Crippen LogP contribution in [0.3, 0.4) is 0 Å². The Morgan fingerprint density at radius 3 is 2.54 bits per heavy atom. The molecule has 0 atom stereocenters. The monoisotopic (exact) mass is 378 g/mol. The van der Waals surface area contributed by atoms with Crippen molar-refractivity contribution >= 4 is 23.0 Å². The average molecular weight is 378 g/mol. The lowest BCUT2D eigenvalue weighted by Gasteiger charge is -2.14. The molecular weight excluding hydrogens is 356 g/mol. The van der Waals surface area contributed by atoms with Crippen LogP contribution in [-0.2, 0) is 22.6 Å². The normalized spacial score (nSPS) is 10.7. The highest BCUT2D eigenvalue weighted by Crippen LogP contribution is 2.31. The van der Waals surface area contributed by atoms with E-state index < -0.39 is 11.6 Å². The number of esters is 1. The fourth-order valence-electron chi connectivity index (χ4n) is 3.08. The molecule has 0 aliphatic carbocycles. The summed E-state index contributed by atoms with van der Waals surface area (Å²) in [6, 6.07) is 11.6. The number of fused-ring (bicyclic) bond motifs is 1. The number of hydrogen-bond acceptors (Lipinski definition) is 5. The van der Waals surface area contributed by atoms with Gasteiger partial charge in [-0.1, -0.05) is 36.9 Å². The molecule has 0 spiro atoms. The third-order valence-corrected chi connectivity index (χ3v) is 4.65. The van der Waals surface area contributed by atoms with Crippen LogP contribution < -0.4 is 10.4 Å². The quantitative estimate of drug-likeness (QED) is 0.471. The highest BCUT2D eigenvalue weighted by molar-refractivity contribution is 5.89. The molecule has 0 saturated carbocycles. The summed E-state index contributed by atoms with van der Waals surface area (Å²) < 4.78 is 16.2. The highest BCUT2D eigenvalue weighted by Gasteiger charge is 2.18. The van der Waals surface area contributed by atoms with Gasteiger partial charge in [0.05, 0.1) is 24.5 Å². The Labute approximate surface area is 163 Å². The molecule has 144 valence electrons. The zero-order valence-electron chi connectivity index (χ0n) is 16.2. The maximum absolute atomic E-state index is 12.3. The summed E-state index contributed by atoms with van der Waals surface area (Å²) in [5, 5.41) is 0.687. The van der Waals surface area contributed by atoms with Gasteiger partial charge < -0.3 is 13.9 Å². The summed E-state index contributed by atoms with van der Waals surface area (Å²) in [5.41, 5.74) is 3.80. The van der Waals surface area contributed by atoms with Gasteiger partial charge in [-0.2, -0.15) is 0 Å². The van der Waals surface area contributed by atoms with Gasteiger partial charge in [0.2, 0.25) is 0 Å². The van der Waals surface area contributed by atoms with Crippen molar-refractivity contribution in [2.45, 2.75) is 26.9 Å². The molecule has 0 amide bonds. The molecule has 1 heterocycles. The van der Waals surface area contributed by atoms with Gasteiger partial charge in [0.25, 0.3) is 0 Å². The maximum Gasteiger partial charge on any atom is 0.340 e. The van der Waals surface area contributed by atoms with Crippen LogP contribution in [0.2, 0.25) is 0 Å². The first-order chi connectivity index (χ1) is 13.4. The van der Waals surface area contributed by atoms with E-state index in [-0.39, 0.29) is 12.0 Å². The molecule has 3 rings (SSSR count). The van der Waals surface area contributed by atoms with Crippen molar-refractivity contribution in [3.8, 4) is 5.75 Å². The zero-order valence-corrected chi connectivity index (χ0v) is 16.2. The Hall–Kier alpha value is -3.34. The van der Waals surface area contributed by atoms with Crippen LogP contribution in [0, 0.1) is 13.8 Å². The van der Waals surface area contributed by atoms with E-state index in [9.17, 15) is 9.59 Å². The van der Waals surface area contributed by atoms with Crippen molar-refractivity contribution in [1.29, 1.82) is 0 Å². The van der Waals surface area contributed by atoms with Gasteiger partial charge in [-0.15, -0.1) is 0 Å². The Bertz CT molecular complexity index is 1090. The molecule has 0 radical (unpaired) electrons. The number of carbonyl (C=O) groups excluding carboxylic acids is 1. The SMILES string of the molecule is C=Cc1ccc(COc2cc(C)cc3oc(=O)c(CC(=O)OC)c(C)c23)cc1. The van der Waals surface area contributed by atoms with Crippen molar-refractivity contribution in [3.63, 3.8) is 0 Å². The highest BCUT2D eigenvalue weighted by atomic mass is 16.5. The van der Waals surface area contributed by atoms with E-state index in [0.717, 1.165) is 16.7 Å². The number of carbonyl (C=O) groups is 1. The summed E-state index contributed by atoms with van der Waals surface area (Å²) in [6.07, 6.45) is 1.64. The first-order valence-electron chi connectivity index (χ1n) is 8.91. The van der Waals surface area contributed by atoms with Crippen molar-refractivity contribution in [2.24, 2.45) is 0 Å². The van der Waals surface area contributed by atoms with E-state index in [0.29, 0.717) is 28.9 Å². The van der Waals surface area contributed by atoms with E-state index in [2.05, 4.69) is 6.58 Å². The third kappa shape index (κ3) is 3.98. The zero-order chi connectivity index (χ0) is 20.3. The predicted molar refractivity (Wildman–Crippen MR) is 109 cm³/mol. The lowest BCUT2D eigenvalue weighted by Crippen LogP contribution is -2.16. The minimum absolute atomic E-state index is 0.142. The first-order valence-corrected chi connectivity index (χ1v) is 8.91. The number of rotatable bonds is 6. The van der Waals surface area contributed by atoms with Crippen molar-refractivity contribution in [2.75, 3.05) is 7.11 Å². The molecule has 0 unspecified atom stereocenters. The second-order valence-corrected chi connectivity index (χ2v) is 6.62. The van der Waals surface area contributed by atoms with Gasteiger partial charge in [0.1, 0.15) is 17.9 Å².